The van der Waals surface area contributed by atoms with Crippen molar-refractivity contribution >= 4 is 9.84 Å². The highest BCUT2D eigenvalue weighted by Crippen LogP contribution is 2.11. The van der Waals surface area contributed by atoms with Gasteiger partial charge in [0.2, 0.25) is 0 Å². The van der Waals surface area contributed by atoms with Gasteiger partial charge in [-0.2, -0.15) is 0 Å². The lowest BCUT2D eigenvalue weighted by atomic mass is 10.1. The van der Waals surface area contributed by atoms with E-state index < -0.39 is 9.84 Å². The van der Waals surface area contributed by atoms with Gasteiger partial charge >= 0.3 is 0 Å². The summed E-state index contributed by atoms with van der Waals surface area (Å²) in [7, 11) is -2.86. The van der Waals surface area contributed by atoms with Gasteiger partial charge in [0.25, 0.3) is 0 Å². The fraction of sp³-hybridized carbons (Fsp3) is 1.00. The van der Waals surface area contributed by atoms with Crippen molar-refractivity contribution in [2.45, 2.75) is 19.8 Å². The van der Waals surface area contributed by atoms with E-state index >= 15 is 0 Å². The molecule has 1 atom stereocenters. The van der Waals surface area contributed by atoms with E-state index in [4.69, 9.17) is 4.74 Å². The average Bonchev–Trinajstić information content (AvgIpc) is 2.70. The molecular weight excluding hydrogens is 214 g/mol. The van der Waals surface area contributed by atoms with E-state index in [-0.39, 0.29) is 11.5 Å². The molecule has 0 aromatic rings. The molecule has 1 unspecified atom stereocenters. The van der Waals surface area contributed by atoms with Gasteiger partial charge in [-0.05, 0) is 31.8 Å². The maximum Gasteiger partial charge on any atom is 0.152 e. The molecule has 0 bridgehead atoms. The molecule has 1 rings (SSSR count). The van der Waals surface area contributed by atoms with Gasteiger partial charge in [0.15, 0.2) is 9.84 Å². The molecule has 1 N–H and O–H groups in total. The third-order valence-corrected chi connectivity index (χ3v) is 4.48. The van der Waals surface area contributed by atoms with Crippen LogP contribution in [0.2, 0.25) is 0 Å². The summed E-state index contributed by atoms with van der Waals surface area (Å²) in [6.45, 7) is 4.88. The first kappa shape index (κ1) is 12.9. The van der Waals surface area contributed by atoms with Crippen molar-refractivity contribution in [2.75, 3.05) is 37.8 Å². The van der Waals surface area contributed by atoms with Crippen LogP contribution in [0, 0.1) is 5.92 Å². The lowest BCUT2D eigenvalue weighted by Gasteiger charge is -2.08. The zero-order valence-corrected chi connectivity index (χ0v) is 10.2. The minimum Gasteiger partial charge on any atom is -0.380 e. The molecule has 1 aliphatic heterocycles. The van der Waals surface area contributed by atoms with Crippen molar-refractivity contribution in [1.82, 2.24) is 5.32 Å². The molecule has 0 aliphatic carbocycles. The third kappa shape index (κ3) is 5.49. The Labute approximate surface area is 92.3 Å². The second-order valence-corrected chi connectivity index (χ2v) is 6.47. The molecule has 0 aromatic carbocycles. The maximum absolute atomic E-state index is 11.1. The predicted molar refractivity (Wildman–Crippen MR) is 60.7 cm³/mol. The van der Waals surface area contributed by atoms with Crippen molar-refractivity contribution in [3.05, 3.63) is 0 Å². The second-order valence-electron chi connectivity index (χ2n) is 4.00. The van der Waals surface area contributed by atoms with Crippen molar-refractivity contribution in [2.24, 2.45) is 5.92 Å². The van der Waals surface area contributed by atoms with Crippen LogP contribution in [-0.2, 0) is 14.6 Å². The summed E-state index contributed by atoms with van der Waals surface area (Å²) < 4.78 is 27.6. The highest BCUT2D eigenvalue weighted by molar-refractivity contribution is 7.91. The highest BCUT2D eigenvalue weighted by atomic mass is 32.2. The van der Waals surface area contributed by atoms with Gasteiger partial charge < -0.3 is 10.1 Å². The molecule has 5 heteroatoms. The van der Waals surface area contributed by atoms with Gasteiger partial charge in [0, 0.05) is 12.4 Å². The summed E-state index contributed by atoms with van der Waals surface area (Å²) in [6, 6.07) is 0. The molecule has 1 aliphatic rings. The van der Waals surface area contributed by atoms with Crippen molar-refractivity contribution in [1.29, 1.82) is 0 Å². The van der Waals surface area contributed by atoms with Crippen LogP contribution in [0.25, 0.3) is 0 Å². The Morgan fingerprint density at radius 3 is 2.80 bits per heavy atom. The molecule has 4 nitrogen and oxygen atoms in total. The Bertz CT molecular complexity index is 258. The molecule has 0 amide bonds. The minimum absolute atomic E-state index is 0.159. The fourth-order valence-electron chi connectivity index (χ4n) is 1.64. The Morgan fingerprint density at radius 1 is 1.40 bits per heavy atom. The van der Waals surface area contributed by atoms with Crippen LogP contribution >= 0.6 is 0 Å². The first-order chi connectivity index (χ1) is 7.14. The zero-order chi connectivity index (χ0) is 11.1. The van der Waals surface area contributed by atoms with Crippen LogP contribution in [0.1, 0.15) is 19.8 Å². The van der Waals surface area contributed by atoms with Crippen LogP contribution in [0.15, 0.2) is 0 Å². The molecule has 0 saturated carbocycles. The van der Waals surface area contributed by atoms with Crippen molar-refractivity contribution in [3.8, 4) is 0 Å². The molecule has 1 heterocycles. The average molecular weight is 235 g/mol. The van der Waals surface area contributed by atoms with Crippen LogP contribution in [0.5, 0.6) is 0 Å². The molecular formula is C10H21NO3S. The first-order valence-electron chi connectivity index (χ1n) is 5.63. The topological polar surface area (TPSA) is 55.4 Å². The van der Waals surface area contributed by atoms with Gasteiger partial charge in [-0.1, -0.05) is 6.92 Å². The molecule has 90 valence electrons. The van der Waals surface area contributed by atoms with Crippen LogP contribution < -0.4 is 5.32 Å². The number of hydrogen-bond donors (Lipinski definition) is 1. The quantitative estimate of drug-likeness (QED) is 0.651. The predicted octanol–water partition coefficient (Wildman–Crippen LogP) is 0.437. The summed E-state index contributed by atoms with van der Waals surface area (Å²) in [5.41, 5.74) is 0. The number of nitrogens with one attached hydrogen (secondary N) is 1. The summed E-state index contributed by atoms with van der Waals surface area (Å²) in [6.07, 6.45) is 2.26. The first-order valence-corrected chi connectivity index (χ1v) is 7.45. The molecule has 0 spiro atoms. The van der Waals surface area contributed by atoms with E-state index in [0.29, 0.717) is 19.1 Å². The lowest BCUT2D eigenvalue weighted by molar-refractivity contribution is 0.135. The fourth-order valence-corrected chi connectivity index (χ4v) is 2.30. The van der Waals surface area contributed by atoms with Crippen molar-refractivity contribution < 1.29 is 13.2 Å². The standard InChI is InChI=1S/C10H21NO3S/c1-2-15(12,13)8-7-14-6-4-10-3-5-11-9-10/h10-11H,2-9H2,1H3. The highest BCUT2D eigenvalue weighted by Gasteiger charge is 2.13. The molecule has 0 aromatic heterocycles. The van der Waals surface area contributed by atoms with Crippen LogP contribution in [0.4, 0.5) is 0 Å². The zero-order valence-electron chi connectivity index (χ0n) is 9.37. The van der Waals surface area contributed by atoms with Crippen LogP contribution in [0.3, 0.4) is 0 Å². The second kappa shape index (κ2) is 6.45. The lowest BCUT2D eigenvalue weighted by Crippen LogP contribution is -2.16. The molecule has 1 saturated heterocycles. The van der Waals surface area contributed by atoms with Crippen LogP contribution in [-0.4, -0.2) is 46.2 Å². The number of hydrogen-bond acceptors (Lipinski definition) is 4. The largest absolute Gasteiger partial charge is 0.380 e. The van der Waals surface area contributed by atoms with E-state index in [0.717, 1.165) is 19.5 Å². The van der Waals surface area contributed by atoms with Gasteiger partial charge in [0.05, 0.1) is 12.4 Å². The van der Waals surface area contributed by atoms with Gasteiger partial charge in [-0.3, -0.25) is 0 Å². The minimum atomic E-state index is -2.86. The van der Waals surface area contributed by atoms with E-state index in [1.807, 2.05) is 0 Å². The summed E-state index contributed by atoms with van der Waals surface area (Å²) >= 11 is 0. The van der Waals surface area contributed by atoms with Crippen molar-refractivity contribution in [3.63, 3.8) is 0 Å². The Morgan fingerprint density at radius 2 is 2.20 bits per heavy atom. The molecule has 15 heavy (non-hydrogen) atoms. The van der Waals surface area contributed by atoms with E-state index in [9.17, 15) is 8.42 Å². The number of rotatable bonds is 7. The Balaban J connectivity index is 1.97. The third-order valence-electron chi connectivity index (χ3n) is 2.81. The van der Waals surface area contributed by atoms with E-state index in [1.165, 1.54) is 6.42 Å². The monoisotopic (exact) mass is 235 g/mol. The van der Waals surface area contributed by atoms with E-state index in [1.54, 1.807) is 6.92 Å². The Hall–Kier alpha value is -0.130. The number of sulfone groups is 1. The summed E-state index contributed by atoms with van der Waals surface area (Å²) in [5, 5.41) is 3.30. The summed E-state index contributed by atoms with van der Waals surface area (Å²) in [4.78, 5) is 0. The normalized spacial score (nSPS) is 22.1. The Kier molecular flexibility index (Phi) is 5.56. The smallest absolute Gasteiger partial charge is 0.152 e. The van der Waals surface area contributed by atoms with Gasteiger partial charge in [-0.25, -0.2) is 8.42 Å². The van der Waals surface area contributed by atoms with E-state index in [2.05, 4.69) is 5.32 Å². The molecule has 1 fully saturated rings. The van der Waals surface area contributed by atoms with Gasteiger partial charge in [0.1, 0.15) is 0 Å². The SMILES string of the molecule is CCS(=O)(=O)CCOCCC1CCNC1. The number of ether oxygens (including phenoxy) is 1. The van der Waals surface area contributed by atoms with Gasteiger partial charge in [-0.15, -0.1) is 0 Å². The maximum atomic E-state index is 11.1. The summed E-state index contributed by atoms with van der Waals surface area (Å²) in [5.74, 6) is 1.09. The molecule has 0 radical (unpaired) electrons.